The zero-order chi connectivity index (χ0) is 22.7. The second-order valence-electron chi connectivity index (χ2n) is 7.13. The van der Waals surface area contributed by atoms with E-state index in [1.165, 1.54) is 4.68 Å². The van der Waals surface area contributed by atoms with Gasteiger partial charge in [0.2, 0.25) is 5.75 Å². The number of carbonyl (C=O) groups is 1. The number of fused-ring (bicyclic) bond motifs is 1. The van der Waals surface area contributed by atoms with Crippen LogP contribution < -0.4 is 10.3 Å². The van der Waals surface area contributed by atoms with E-state index >= 15 is 4.39 Å². The van der Waals surface area contributed by atoms with E-state index in [-0.39, 0.29) is 29.3 Å². The van der Waals surface area contributed by atoms with Crippen molar-refractivity contribution in [3.8, 4) is 16.9 Å². The van der Waals surface area contributed by atoms with Crippen molar-refractivity contribution in [3.05, 3.63) is 43.6 Å². The molecule has 1 aliphatic rings. The lowest BCUT2D eigenvalue weighted by Crippen LogP contribution is -2.29. The van der Waals surface area contributed by atoms with Crippen molar-refractivity contribution in [1.29, 1.82) is 0 Å². The van der Waals surface area contributed by atoms with Crippen LogP contribution in [0.3, 0.4) is 0 Å². The van der Waals surface area contributed by atoms with Gasteiger partial charge in [0, 0.05) is 30.8 Å². The number of carbonyl (C=O) groups excluding carboxylic acids is 1. The summed E-state index contributed by atoms with van der Waals surface area (Å²) in [6.07, 6.45) is 1.25. The standard InChI is InChI=1S/C20H23ClFN3O6/c1-3-7-15(20(27)30-4-2)31-16-11-13(22)12(10-14(16)25(28)29)17-18(21)23-8-5-6-9-24(23)19(17)26/h10-11,15H,3-9H2,1-2H3. The van der Waals surface area contributed by atoms with E-state index in [0.717, 1.165) is 25.0 Å². The summed E-state index contributed by atoms with van der Waals surface area (Å²) in [6.45, 7) is 4.47. The molecule has 11 heteroatoms. The molecule has 0 amide bonds. The number of esters is 1. The Morgan fingerprint density at radius 3 is 2.55 bits per heavy atom. The van der Waals surface area contributed by atoms with Crippen LogP contribution in [-0.2, 0) is 22.6 Å². The van der Waals surface area contributed by atoms with E-state index in [0.29, 0.717) is 19.5 Å². The molecule has 1 aromatic heterocycles. The summed E-state index contributed by atoms with van der Waals surface area (Å²) < 4.78 is 28.5. The highest BCUT2D eigenvalue weighted by Crippen LogP contribution is 2.37. The largest absolute Gasteiger partial charge is 0.471 e. The monoisotopic (exact) mass is 455 g/mol. The minimum absolute atomic E-state index is 0.0296. The molecule has 0 fully saturated rings. The van der Waals surface area contributed by atoms with Gasteiger partial charge in [-0.1, -0.05) is 24.9 Å². The molecule has 31 heavy (non-hydrogen) atoms. The summed E-state index contributed by atoms with van der Waals surface area (Å²) >= 11 is 6.34. The van der Waals surface area contributed by atoms with Crippen molar-refractivity contribution < 1.29 is 23.6 Å². The summed E-state index contributed by atoms with van der Waals surface area (Å²) in [5.41, 5.74) is -1.51. The van der Waals surface area contributed by atoms with Gasteiger partial charge in [-0.05, 0) is 26.2 Å². The lowest BCUT2D eigenvalue weighted by molar-refractivity contribution is -0.386. The van der Waals surface area contributed by atoms with Crippen LogP contribution in [0, 0.1) is 15.9 Å². The van der Waals surface area contributed by atoms with Crippen LogP contribution in [0.4, 0.5) is 10.1 Å². The number of rotatable bonds is 8. The average Bonchev–Trinajstić information content (AvgIpc) is 2.98. The van der Waals surface area contributed by atoms with Gasteiger partial charge in [0.05, 0.1) is 17.1 Å². The Kier molecular flexibility index (Phi) is 6.99. The lowest BCUT2D eigenvalue weighted by atomic mass is 10.1. The number of hydrogen-bond donors (Lipinski definition) is 0. The molecule has 0 aliphatic carbocycles. The van der Waals surface area contributed by atoms with Gasteiger partial charge in [0.1, 0.15) is 11.0 Å². The Labute approximate surface area is 182 Å². The van der Waals surface area contributed by atoms with Gasteiger partial charge in [0.25, 0.3) is 5.56 Å². The maximum atomic E-state index is 15.1. The molecule has 0 radical (unpaired) electrons. The van der Waals surface area contributed by atoms with Crippen molar-refractivity contribution in [2.45, 2.75) is 58.7 Å². The molecule has 2 aromatic rings. The van der Waals surface area contributed by atoms with E-state index in [1.54, 1.807) is 18.5 Å². The normalized spacial score (nSPS) is 14.1. The van der Waals surface area contributed by atoms with E-state index in [4.69, 9.17) is 21.1 Å². The highest BCUT2D eigenvalue weighted by atomic mass is 35.5. The highest BCUT2D eigenvalue weighted by molar-refractivity contribution is 6.32. The molecule has 1 atom stereocenters. The molecule has 0 saturated heterocycles. The van der Waals surface area contributed by atoms with Gasteiger partial charge in [-0.2, -0.15) is 0 Å². The Hall–Kier alpha value is -2.88. The number of nitrogens with zero attached hydrogens (tertiary/aromatic N) is 3. The summed E-state index contributed by atoms with van der Waals surface area (Å²) in [6, 6.07) is 1.74. The summed E-state index contributed by atoms with van der Waals surface area (Å²) in [5.74, 6) is -2.02. The van der Waals surface area contributed by atoms with Crippen molar-refractivity contribution in [2.24, 2.45) is 0 Å². The molecule has 9 nitrogen and oxygen atoms in total. The number of aromatic nitrogens is 2. The molecule has 0 bridgehead atoms. The maximum Gasteiger partial charge on any atom is 0.347 e. The van der Waals surface area contributed by atoms with Crippen LogP contribution in [0.2, 0.25) is 5.15 Å². The number of benzene rings is 1. The van der Waals surface area contributed by atoms with Crippen molar-refractivity contribution in [2.75, 3.05) is 6.61 Å². The zero-order valence-corrected chi connectivity index (χ0v) is 18.0. The van der Waals surface area contributed by atoms with Gasteiger partial charge in [-0.3, -0.25) is 19.6 Å². The van der Waals surface area contributed by atoms with Crippen LogP contribution in [0.25, 0.3) is 11.1 Å². The van der Waals surface area contributed by atoms with E-state index in [1.807, 2.05) is 0 Å². The zero-order valence-electron chi connectivity index (χ0n) is 17.2. The molecule has 1 unspecified atom stereocenters. The van der Waals surface area contributed by atoms with Gasteiger partial charge in [-0.25, -0.2) is 13.9 Å². The second kappa shape index (κ2) is 9.51. The van der Waals surface area contributed by atoms with Crippen molar-refractivity contribution in [1.82, 2.24) is 9.36 Å². The fourth-order valence-electron chi connectivity index (χ4n) is 3.60. The van der Waals surface area contributed by atoms with Gasteiger partial charge < -0.3 is 9.47 Å². The Morgan fingerprint density at radius 2 is 1.97 bits per heavy atom. The number of ether oxygens (including phenoxy) is 2. The predicted octanol–water partition coefficient (Wildman–Crippen LogP) is 3.92. The first kappa shape index (κ1) is 22.8. The number of hydrogen-bond acceptors (Lipinski definition) is 6. The molecular weight excluding hydrogens is 433 g/mol. The molecule has 0 N–H and O–H groups in total. The predicted molar refractivity (Wildman–Crippen MR) is 111 cm³/mol. The fourth-order valence-corrected chi connectivity index (χ4v) is 3.96. The molecule has 0 saturated carbocycles. The van der Waals surface area contributed by atoms with E-state index in [2.05, 4.69) is 0 Å². The first-order chi connectivity index (χ1) is 14.8. The third-order valence-corrected chi connectivity index (χ3v) is 5.43. The van der Waals surface area contributed by atoms with E-state index in [9.17, 15) is 19.7 Å². The molecule has 168 valence electrons. The van der Waals surface area contributed by atoms with Crippen LogP contribution >= 0.6 is 11.6 Å². The molecule has 0 spiro atoms. The first-order valence-corrected chi connectivity index (χ1v) is 10.5. The molecule has 1 aromatic carbocycles. The quantitative estimate of drug-likeness (QED) is 0.339. The van der Waals surface area contributed by atoms with E-state index < -0.39 is 39.8 Å². The van der Waals surface area contributed by atoms with Crippen LogP contribution in [0.1, 0.15) is 39.5 Å². The van der Waals surface area contributed by atoms with Crippen LogP contribution in [0.15, 0.2) is 16.9 Å². The Bertz CT molecular complexity index is 1060. The van der Waals surface area contributed by atoms with Gasteiger partial charge >= 0.3 is 11.7 Å². The summed E-state index contributed by atoms with van der Waals surface area (Å²) in [7, 11) is 0. The Balaban J connectivity index is 2.08. The van der Waals surface area contributed by atoms with Crippen molar-refractivity contribution in [3.63, 3.8) is 0 Å². The Morgan fingerprint density at radius 1 is 1.29 bits per heavy atom. The SMILES string of the molecule is CCCC(Oc1cc(F)c(-c2c(Cl)n3n(c2=O)CCCC3)cc1[N+](=O)[O-])C(=O)OCC. The van der Waals surface area contributed by atoms with Gasteiger partial charge in [0.15, 0.2) is 6.10 Å². The van der Waals surface area contributed by atoms with Crippen molar-refractivity contribution >= 4 is 23.3 Å². The maximum absolute atomic E-state index is 15.1. The summed E-state index contributed by atoms with van der Waals surface area (Å²) in [4.78, 5) is 35.8. The smallest absolute Gasteiger partial charge is 0.347 e. The minimum Gasteiger partial charge on any atom is -0.471 e. The third-order valence-electron chi connectivity index (χ3n) is 5.05. The first-order valence-electron chi connectivity index (χ1n) is 10.1. The summed E-state index contributed by atoms with van der Waals surface area (Å²) in [5, 5.41) is 11.7. The molecule has 2 heterocycles. The number of nitro groups is 1. The number of halogens is 2. The highest BCUT2D eigenvalue weighted by Gasteiger charge is 2.30. The average molecular weight is 456 g/mol. The third kappa shape index (κ3) is 4.43. The molecular formula is C20H23ClFN3O6. The number of nitro benzene ring substituents is 1. The molecule has 3 rings (SSSR count). The van der Waals surface area contributed by atoms with Gasteiger partial charge in [-0.15, -0.1) is 0 Å². The lowest BCUT2D eigenvalue weighted by Gasteiger charge is -2.17. The second-order valence-corrected chi connectivity index (χ2v) is 7.49. The van der Waals surface area contributed by atoms with Crippen LogP contribution in [-0.4, -0.2) is 33.0 Å². The topological polar surface area (TPSA) is 106 Å². The van der Waals surface area contributed by atoms with Crippen LogP contribution in [0.5, 0.6) is 5.75 Å². The fraction of sp³-hybridized carbons (Fsp3) is 0.500. The molecule has 1 aliphatic heterocycles. The minimum atomic E-state index is -1.12.